The van der Waals surface area contributed by atoms with E-state index >= 15 is 0 Å². The van der Waals surface area contributed by atoms with Gasteiger partial charge in [0.15, 0.2) is 0 Å². The van der Waals surface area contributed by atoms with Crippen molar-refractivity contribution < 1.29 is 18.0 Å². The predicted molar refractivity (Wildman–Crippen MR) is 118 cm³/mol. The number of amides is 2. The lowest BCUT2D eigenvalue weighted by atomic mass is 9.78. The normalized spacial score (nSPS) is 23.1. The van der Waals surface area contributed by atoms with Gasteiger partial charge in [0.2, 0.25) is 21.8 Å². The van der Waals surface area contributed by atoms with Gasteiger partial charge in [0.1, 0.15) is 0 Å². The topological polar surface area (TPSA) is 104 Å². The summed E-state index contributed by atoms with van der Waals surface area (Å²) in [6.07, 6.45) is 3.35. The molecule has 1 fully saturated rings. The van der Waals surface area contributed by atoms with Crippen molar-refractivity contribution in [3.63, 3.8) is 0 Å². The third-order valence-electron chi connectivity index (χ3n) is 6.05. The number of sulfonamides is 1. The summed E-state index contributed by atoms with van der Waals surface area (Å²) in [5, 5.41) is 5.73. The van der Waals surface area contributed by atoms with Crippen molar-refractivity contribution in [2.45, 2.75) is 77.3 Å². The fraction of sp³-hybridized carbons (Fsp3) is 0.636. The van der Waals surface area contributed by atoms with Crippen molar-refractivity contribution >= 4 is 27.5 Å². The summed E-state index contributed by atoms with van der Waals surface area (Å²) in [6.45, 7) is 9.56. The van der Waals surface area contributed by atoms with Gasteiger partial charge in [0.25, 0.3) is 0 Å². The van der Waals surface area contributed by atoms with Gasteiger partial charge in [-0.3, -0.25) is 9.59 Å². The number of carbonyl (C=O) groups excluding carboxylic acids is 2. The number of carbonyl (C=O) groups is 2. The van der Waals surface area contributed by atoms with Crippen LogP contribution in [0.1, 0.15) is 60.3 Å². The Morgan fingerprint density at radius 1 is 1.10 bits per heavy atom. The highest BCUT2D eigenvalue weighted by atomic mass is 32.2. The smallest absolute Gasteiger partial charge is 0.240 e. The number of nitrogens with one attached hydrogen (secondary N) is 3. The summed E-state index contributed by atoms with van der Waals surface area (Å²) in [4.78, 5) is 23.9. The summed E-state index contributed by atoms with van der Waals surface area (Å²) in [6, 6.07) is 5.59. The van der Waals surface area contributed by atoms with Gasteiger partial charge in [-0.25, -0.2) is 13.1 Å². The molecule has 0 saturated heterocycles. The molecule has 1 aliphatic carbocycles. The molecule has 7 nitrogen and oxygen atoms in total. The van der Waals surface area contributed by atoms with Crippen molar-refractivity contribution in [2.75, 3.05) is 5.32 Å². The lowest BCUT2D eigenvalue weighted by Gasteiger charge is -2.35. The second kappa shape index (κ2) is 10.4. The van der Waals surface area contributed by atoms with Crippen molar-refractivity contribution in [3.8, 4) is 0 Å². The molecule has 0 aliphatic heterocycles. The molecule has 0 aromatic heterocycles. The first kappa shape index (κ1) is 24.3. The molecule has 4 unspecified atom stereocenters. The molecule has 3 N–H and O–H groups in total. The molecule has 1 aromatic carbocycles. The number of hydrogen-bond donors (Lipinski definition) is 3. The van der Waals surface area contributed by atoms with Crippen molar-refractivity contribution in [1.82, 2.24) is 10.0 Å². The third kappa shape index (κ3) is 6.80. The first-order valence-corrected chi connectivity index (χ1v) is 12.2. The van der Waals surface area contributed by atoms with E-state index in [4.69, 9.17) is 0 Å². The molecule has 0 spiro atoms. The van der Waals surface area contributed by atoms with Crippen LogP contribution in [0.3, 0.4) is 0 Å². The maximum Gasteiger partial charge on any atom is 0.240 e. The fourth-order valence-electron chi connectivity index (χ4n) is 3.85. The van der Waals surface area contributed by atoms with Crippen LogP contribution in [0.15, 0.2) is 29.2 Å². The van der Waals surface area contributed by atoms with E-state index in [1.165, 1.54) is 25.5 Å². The molecule has 0 radical (unpaired) electrons. The minimum Gasteiger partial charge on any atom is -0.353 e. The van der Waals surface area contributed by atoms with Crippen LogP contribution in [0, 0.1) is 17.8 Å². The summed E-state index contributed by atoms with van der Waals surface area (Å²) < 4.78 is 28.3. The molecule has 2 rings (SSSR count). The fourth-order valence-corrected chi connectivity index (χ4v) is 5.24. The Labute approximate surface area is 180 Å². The van der Waals surface area contributed by atoms with Crippen LogP contribution in [-0.2, 0) is 19.6 Å². The Morgan fingerprint density at radius 2 is 1.73 bits per heavy atom. The largest absolute Gasteiger partial charge is 0.353 e. The minimum atomic E-state index is -3.79. The van der Waals surface area contributed by atoms with E-state index in [1.807, 2.05) is 13.8 Å². The van der Waals surface area contributed by atoms with Crippen LogP contribution >= 0.6 is 0 Å². The SMILES string of the molecule is CC(=O)Nc1ccc(S(=O)(=O)NC(CC(=O)NC2CCCC(C)C2C)C(C)C)cc1. The molecular formula is C22H35N3O4S. The Bertz CT molecular complexity index is 836. The average molecular weight is 438 g/mol. The summed E-state index contributed by atoms with van der Waals surface area (Å²) in [5.74, 6) is 0.592. The molecule has 4 atom stereocenters. The predicted octanol–water partition coefficient (Wildman–Crippen LogP) is 3.28. The Kier molecular flexibility index (Phi) is 8.43. The lowest BCUT2D eigenvalue weighted by Crippen LogP contribution is -2.47. The Morgan fingerprint density at radius 3 is 2.30 bits per heavy atom. The highest BCUT2D eigenvalue weighted by Gasteiger charge is 2.30. The van der Waals surface area contributed by atoms with E-state index in [0.29, 0.717) is 17.5 Å². The van der Waals surface area contributed by atoms with Crippen molar-refractivity contribution in [1.29, 1.82) is 0 Å². The Balaban J connectivity index is 2.03. The van der Waals surface area contributed by atoms with Gasteiger partial charge in [-0.1, -0.05) is 40.5 Å². The molecular weight excluding hydrogens is 402 g/mol. The number of benzene rings is 1. The number of hydrogen-bond acceptors (Lipinski definition) is 4. The summed E-state index contributed by atoms with van der Waals surface area (Å²) in [7, 11) is -3.79. The van der Waals surface area contributed by atoms with E-state index in [9.17, 15) is 18.0 Å². The van der Waals surface area contributed by atoms with Crippen LogP contribution in [0.25, 0.3) is 0 Å². The highest BCUT2D eigenvalue weighted by molar-refractivity contribution is 7.89. The van der Waals surface area contributed by atoms with Gasteiger partial charge in [-0.2, -0.15) is 0 Å². The van der Waals surface area contributed by atoms with Crippen LogP contribution in [0.4, 0.5) is 5.69 Å². The maximum absolute atomic E-state index is 12.8. The first-order chi connectivity index (χ1) is 14.0. The van der Waals surface area contributed by atoms with E-state index in [1.54, 1.807) is 12.1 Å². The molecule has 2 amide bonds. The molecule has 0 heterocycles. The summed E-state index contributed by atoms with van der Waals surface area (Å²) >= 11 is 0. The second-order valence-electron chi connectivity index (χ2n) is 8.82. The van der Waals surface area contributed by atoms with Crippen molar-refractivity contribution in [2.24, 2.45) is 17.8 Å². The van der Waals surface area contributed by atoms with Gasteiger partial charge >= 0.3 is 0 Å². The third-order valence-corrected chi connectivity index (χ3v) is 7.56. The summed E-state index contributed by atoms with van der Waals surface area (Å²) in [5.41, 5.74) is 0.525. The quantitative estimate of drug-likeness (QED) is 0.580. The molecule has 168 valence electrons. The lowest BCUT2D eigenvalue weighted by molar-refractivity contribution is -0.123. The monoisotopic (exact) mass is 437 g/mol. The standard InChI is InChI=1S/C22H35N3O4S/c1-14(2)21(13-22(27)24-20-8-6-7-15(3)16(20)4)25-30(28,29)19-11-9-18(10-12-19)23-17(5)26/h9-12,14-16,20-21,25H,6-8,13H2,1-5H3,(H,23,26)(H,24,27). The van der Waals surface area contributed by atoms with E-state index in [0.717, 1.165) is 12.8 Å². The molecule has 30 heavy (non-hydrogen) atoms. The zero-order valence-electron chi connectivity index (χ0n) is 18.6. The van der Waals surface area contributed by atoms with Gasteiger partial charge in [-0.05, 0) is 48.4 Å². The number of rotatable bonds is 8. The number of anilines is 1. The molecule has 1 saturated carbocycles. The van der Waals surface area contributed by atoms with Crippen LogP contribution in [-0.4, -0.2) is 32.3 Å². The van der Waals surface area contributed by atoms with Gasteiger partial charge < -0.3 is 10.6 Å². The molecule has 8 heteroatoms. The van der Waals surface area contributed by atoms with Gasteiger partial charge in [0, 0.05) is 31.1 Å². The average Bonchev–Trinajstić information content (AvgIpc) is 2.64. The van der Waals surface area contributed by atoms with E-state index in [-0.39, 0.29) is 35.1 Å². The van der Waals surface area contributed by atoms with Crippen LogP contribution in [0.2, 0.25) is 0 Å². The molecule has 0 bridgehead atoms. The van der Waals surface area contributed by atoms with Crippen LogP contribution in [0.5, 0.6) is 0 Å². The molecule has 1 aliphatic rings. The highest BCUT2D eigenvalue weighted by Crippen LogP contribution is 2.29. The second-order valence-corrected chi connectivity index (χ2v) is 10.5. The zero-order valence-corrected chi connectivity index (χ0v) is 19.4. The van der Waals surface area contributed by atoms with Gasteiger partial charge in [-0.15, -0.1) is 0 Å². The van der Waals surface area contributed by atoms with E-state index < -0.39 is 16.1 Å². The molecule has 1 aromatic rings. The van der Waals surface area contributed by atoms with Crippen LogP contribution < -0.4 is 15.4 Å². The first-order valence-electron chi connectivity index (χ1n) is 10.7. The van der Waals surface area contributed by atoms with E-state index in [2.05, 4.69) is 29.2 Å². The Hall–Kier alpha value is -1.93. The zero-order chi connectivity index (χ0) is 22.5. The minimum absolute atomic E-state index is 0.0492. The van der Waals surface area contributed by atoms with Gasteiger partial charge in [0.05, 0.1) is 4.90 Å². The van der Waals surface area contributed by atoms with Crippen molar-refractivity contribution in [3.05, 3.63) is 24.3 Å². The maximum atomic E-state index is 12.8.